The molecule has 3 aromatic rings. The molecule has 3 rings (SSSR count). The summed E-state index contributed by atoms with van der Waals surface area (Å²) in [4.78, 5) is 0. The SMILES string of the molecule is Cc1[nH]ncc1-c1cccc(CC(N)c2ccccc2)c1. The first-order valence-corrected chi connectivity index (χ1v) is 7.14. The van der Waals surface area contributed by atoms with Gasteiger partial charge in [0.2, 0.25) is 0 Å². The number of nitrogens with two attached hydrogens (primary N) is 1. The van der Waals surface area contributed by atoms with Crippen molar-refractivity contribution in [1.82, 2.24) is 10.2 Å². The van der Waals surface area contributed by atoms with E-state index in [0.29, 0.717) is 0 Å². The molecule has 106 valence electrons. The molecule has 1 unspecified atom stereocenters. The Hall–Kier alpha value is -2.39. The minimum Gasteiger partial charge on any atom is -0.324 e. The number of aromatic amines is 1. The average Bonchev–Trinajstić information content (AvgIpc) is 2.94. The lowest BCUT2D eigenvalue weighted by atomic mass is 9.97. The first-order chi connectivity index (χ1) is 10.2. The minimum absolute atomic E-state index is 0.0203. The highest BCUT2D eigenvalue weighted by Crippen LogP contribution is 2.24. The van der Waals surface area contributed by atoms with Gasteiger partial charge in [-0.15, -0.1) is 0 Å². The van der Waals surface area contributed by atoms with E-state index in [9.17, 15) is 0 Å². The third-order valence-corrected chi connectivity index (χ3v) is 3.75. The van der Waals surface area contributed by atoms with E-state index in [1.54, 1.807) is 0 Å². The Morgan fingerprint density at radius 2 is 1.90 bits per heavy atom. The quantitative estimate of drug-likeness (QED) is 0.765. The van der Waals surface area contributed by atoms with E-state index in [4.69, 9.17) is 5.73 Å². The predicted molar refractivity (Wildman–Crippen MR) is 85.8 cm³/mol. The standard InChI is InChI=1S/C18H19N3/c1-13-17(12-20-21-13)16-9-5-6-14(10-16)11-18(19)15-7-3-2-4-8-15/h2-10,12,18H,11,19H2,1H3,(H,20,21). The van der Waals surface area contributed by atoms with Gasteiger partial charge < -0.3 is 5.73 Å². The van der Waals surface area contributed by atoms with Crippen molar-refractivity contribution in [3.8, 4) is 11.1 Å². The molecule has 0 fully saturated rings. The second kappa shape index (κ2) is 5.94. The zero-order valence-corrected chi connectivity index (χ0v) is 12.1. The molecule has 0 aliphatic heterocycles. The van der Waals surface area contributed by atoms with Crippen molar-refractivity contribution in [3.05, 3.63) is 77.6 Å². The largest absolute Gasteiger partial charge is 0.324 e. The smallest absolute Gasteiger partial charge is 0.0568 e. The van der Waals surface area contributed by atoms with Crippen LogP contribution in [0.15, 0.2) is 60.8 Å². The number of aryl methyl sites for hydroxylation is 1. The lowest BCUT2D eigenvalue weighted by Gasteiger charge is -2.13. The molecule has 0 aliphatic carbocycles. The van der Waals surface area contributed by atoms with Gasteiger partial charge in [-0.1, -0.05) is 54.6 Å². The van der Waals surface area contributed by atoms with E-state index in [1.165, 1.54) is 16.7 Å². The fourth-order valence-corrected chi connectivity index (χ4v) is 2.58. The number of hydrogen-bond acceptors (Lipinski definition) is 2. The second-order valence-corrected chi connectivity index (χ2v) is 5.33. The van der Waals surface area contributed by atoms with Crippen LogP contribution in [0.5, 0.6) is 0 Å². The van der Waals surface area contributed by atoms with Crippen molar-refractivity contribution < 1.29 is 0 Å². The Kier molecular flexibility index (Phi) is 3.84. The van der Waals surface area contributed by atoms with E-state index in [1.807, 2.05) is 31.3 Å². The normalized spacial score (nSPS) is 12.3. The molecule has 1 aromatic heterocycles. The second-order valence-electron chi connectivity index (χ2n) is 5.33. The van der Waals surface area contributed by atoms with Crippen LogP contribution in [-0.4, -0.2) is 10.2 Å². The summed E-state index contributed by atoms with van der Waals surface area (Å²) < 4.78 is 0. The number of aromatic nitrogens is 2. The summed E-state index contributed by atoms with van der Waals surface area (Å²) in [5, 5.41) is 7.07. The van der Waals surface area contributed by atoms with Crippen molar-refractivity contribution in [3.63, 3.8) is 0 Å². The number of nitrogens with one attached hydrogen (secondary N) is 1. The van der Waals surface area contributed by atoms with Crippen LogP contribution in [0.2, 0.25) is 0 Å². The van der Waals surface area contributed by atoms with Crippen LogP contribution >= 0.6 is 0 Å². The Morgan fingerprint density at radius 1 is 1.10 bits per heavy atom. The van der Waals surface area contributed by atoms with Crippen molar-refractivity contribution in [2.24, 2.45) is 5.73 Å². The Balaban J connectivity index is 1.82. The van der Waals surface area contributed by atoms with Gasteiger partial charge in [-0.25, -0.2) is 0 Å². The molecule has 3 nitrogen and oxygen atoms in total. The molecule has 0 aliphatic rings. The van der Waals surface area contributed by atoms with E-state index in [0.717, 1.165) is 17.7 Å². The van der Waals surface area contributed by atoms with Gasteiger partial charge in [-0.05, 0) is 30.0 Å². The number of rotatable bonds is 4. The lowest BCUT2D eigenvalue weighted by Crippen LogP contribution is -2.13. The van der Waals surface area contributed by atoms with Crippen molar-refractivity contribution in [2.75, 3.05) is 0 Å². The Bertz CT molecular complexity index is 716. The molecule has 0 radical (unpaired) electrons. The molecule has 2 aromatic carbocycles. The van der Waals surface area contributed by atoms with Crippen LogP contribution in [0.3, 0.4) is 0 Å². The Morgan fingerprint density at radius 3 is 2.62 bits per heavy atom. The molecule has 0 spiro atoms. The fraction of sp³-hybridized carbons (Fsp3) is 0.167. The van der Waals surface area contributed by atoms with Gasteiger partial charge in [-0.2, -0.15) is 5.10 Å². The highest BCUT2D eigenvalue weighted by atomic mass is 15.1. The van der Waals surface area contributed by atoms with Gasteiger partial charge in [0.15, 0.2) is 0 Å². The molecule has 1 atom stereocenters. The maximum atomic E-state index is 6.31. The molecule has 0 amide bonds. The molecule has 3 N–H and O–H groups in total. The topological polar surface area (TPSA) is 54.7 Å². The summed E-state index contributed by atoms with van der Waals surface area (Å²) in [6.45, 7) is 2.03. The van der Waals surface area contributed by atoms with Crippen LogP contribution in [0.4, 0.5) is 0 Å². The lowest BCUT2D eigenvalue weighted by molar-refractivity contribution is 0.722. The third-order valence-electron chi connectivity index (χ3n) is 3.75. The monoisotopic (exact) mass is 277 g/mol. The summed E-state index contributed by atoms with van der Waals surface area (Å²) in [7, 11) is 0. The summed E-state index contributed by atoms with van der Waals surface area (Å²) in [6, 6.07) is 18.8. The van der Waals surface area contributed by atoms with Gasteiger partial charge in [-0.3, -0.25) is 5.10 Å². The molecular formula is C18H19N3. The molecule has 1 heterocycles. The van der Waals surface area contributed by atoms with E-state index < -0.39 is 0 Å². The maximum Gasteiger partial charge on any atom is 0.0568 e. The van der Waals surface area contributed by atoms with Crippen LogP contribution in [-0.2, 0) is 6.42 Å². The molecule has 0 saturated heterocycles. The summed E-state index contributed by atoms with van der Waals surface area (Å²) in [5.41, 5.74) is 12.1. The number of nitrogens with zero attached hydrogens (tertiary/aromatic N) is 1. The first kappa shape index (κ1) is 13.6. The summed E-state index contributed by atoms with van der Waals surface area (Å²) in [6.07, 6.45) is 2.69. The van der Waals surface area contributed by atoms with Crippen LogP contribution in [0.25, 0.3) is 11.1 Å². The van der Waals surface area contributed by atoms with Crippen LogP contribution in [0, 0.1) is 6.92 Å². The number of H-pyrrole nitrogens is 1. The third kappa shape index (κ3) is 3.03. The summed E-state index contributed by atoms with van der Waals surface area (Å²) >= 11 is 0. The minimum atomic E-state index is 0.0203. The highest BCUT2D eigenvalue weighted by molar-refractivity contribution is 5.65. The van der Waals surface area contributed by atoms with Crippen molar-refractivity contribution >= 4 is 0 Å². The zero-order valence-electron chi connectivity index (χ0n) is 12.1. The first-order valence-electron chi connectivity index (χ1n) is 7.14. The number of benzene rings is 2. The maximum absolute atomic E-state index is 6.31. The number of hydrogen-bond donors (Lipinski definition) is 2. The van der Waals surface area contributed by atoms with Crippen molar-refractivity contribution in [1.29, 1.82) is 0 Å². The van der Waals surface area contributed by atoms with Gasteiger partial charge in [0.1, 0.15) is 0 Å². The molecular weight excluding hydrogens is 258 g/mol. The molecule has 0 bridgehead atoms. The highest BCUT2D eigenvalue weighted by Gasteiger charge is 2.09. The van der Waals surface area contributed by atoms with E-state index in [2.05, 4.69) is 46.6 Å². The van der Waals surface area contributed by atoms with Gasteiger partial charge in [0.05, 0.1) is 6.20 Å². The van der Waals surface area contributed by atoms with Crippen LogP contribution < -0.4 is 5.73 Å². The average molecular weight is 277 g/mol. The summed E-state index contributed by atoms with van der Waals surface area (Å²) in [5.74, 6) is 0. The zero-order chi connectivity index (χ0) is 14.7. The molecule has 3 heteroatoms. The van der Waals surface area contributed by atoms with Gasteiger partial charge in [0.25, 0.3) is 0 Å². The van der Waals surface area contributed by atoms with Gasteiger partial charge in [0, 0.05) is 17.3 Å². The molecule has 0 saturated carbocycles. The van der Waals surface area contributed by atoms with Gasteiger partial charge >= 0.3 is 0 Å². The Labute approximate surface area is 124 Å². The fourth-order valence-electron chi connectivity index (χ4n) is 2.58. The predicted octanol–water partition coefficient (Wildman–Crippen LogP) is 3.63. The van der Waals surface area contributed by atoms with E-state index >= 15 is 0 Å². The molecule has 21 heavy (non-hydrogen) atoms. The van der Waals surface area contributed by atoms with Crippen molar-refractivity contribution in [2.45, 2.75) is 19.4 Å². The van der Waals surface area contributed by atoms with Crippen LogP contribution in [0.1, 0.15) is 22.9 Å². The van der Waals surface area contributed by atoms with E-state index in [-0.39, 0.29) is 6.04 Å².